The van der Waals surface area contributed by atoms with Crippen molar-refractivity contribution >= 4 is 29.5 Å². The Morgan fingerprint density at radius 2 is 2.24 bits per heavy atom. The molecule has 7 nitrogen and oxygen atoms in total. The Balaban J connectivity index is 1.96. The van der Waals surface area contributed by atoms with Crippen molar-refractivity contribution in [3.63, 3.8) is 0 Å². The van der Waals surface area contributed by atoms with Gasteiger partial charge in [0.15, 0.2) is 0 Å². The number of aromatic amines is 1. The van der Waals surface area contributed by atoms with E-state index >= 15 is 0 Å². The fraction of sp³-hybridized carbons (Fsp3) is 0.692. The second kappa shape index (κ2) is 6.05. The summed E-state index contributed by atoms with van der Waals surface area (Å²) in [5, 5.41) is 9.97. The van der Waals surface area contributed by atoms with Crippen LogP contribution < -0.4 is 5.32 Å². The van der Waals surface area contributed by atoms with Crippen LogP contribution in [-0.4, -0.2) is 49.7 Å². The summed E-state index contributed by atoms with van der Waals surface area (Å²) in [6.07, 6.45) is 0.244. The lowest BCUT2D eigenvalue weighted by Crippen LogP contribution is -2.42. The number of aromatic nitrogens is 3. The first-order valence-electron chi connectivity index (χ1n) is 6.97. The van der Waals surface area contributed by atoms with Gasteiger partial charge in [0, 0.05) is 18.5 Å². The average molecular weight is 311 g/mol. The van der Waals surface area contributed by atoms with Crippen molar-refractivity contribution in [2.24, 2.45) is 5.92 Å². The van der Waals surface area contributed by atoms with Crippen molar-refractivity contribution in [2.75, 3.05) is 17.6 Å². The molecule has 1 atom stereocenters. The fourth-order valence-electron chi connectivity index (χ4n) is 2.25. The highest BCUT2D eigenvalue weighted by Crippen LogP contribution is 2.26. The van der Waals surface area contributed by atoms with Crippen LogP contribution in [-0.2, 0) is 9.59 Å². The molecule has 1 unspecified atom stereocenters. The summed E-state index contributed by atoms with van der Waals surface area (Å²) in [5.41, 5.74) is -0.261. The average Bonchev–Trinajstić information content (AvgIpc) is 2.96. The predicted octanol–water partition coefficient (Wildman–Crippen LogP) is 1.50. The Morgan fingerprint density at radius 3 is 2.81 bits per heavy atom. The molecule has 1 aliphatic rings. The number of thioether (sulfide) groups is 1. The SMILES string of the molecule is CCSc1n[nH]c(NC(=O)C2CC(=O)N(C(C)(C)C)C2)n1. The van der Waals surface area contributed by atoms with E-state index in [1.807, 2.05) is 27.7 Å². The number of rotatable bonds is 4. The van der Waals surface area contributed by atoms with E-state index in [1.54, 1.807) is 4.90 Å². The highest BCUT2D eigenvalue weighted by molar-refractivity contribution is 7.99. The van der Waals surface area contributed by atoms with Crippen LogP contribution in [0.4, 0.5) is 5.95 Å². The van der Waals surface area contributed by atoms with Crippen molar-refractivity contribution in [3.8, 4) is 0 Å². The summed E-state index contributed by atoms with van der Waals surface area (Å²) in [6.45, 7) is 8.35. The molecule has 0 aromatic carbocycles. The number of carbonyl (C=O) groups is 2. The second-order valence-electron chi connectivity index (χ2n) is 5.97. The fourth-order valence-corrected chi connectivity index (χ4v) is 2.77. The van der Waals surface area contributed by atoms with Crippen LogP contribution in [0.15, 0.2) is 5.16 Å². The molecule has 1 aliphatic heterocycles. The number of hydrogen-bond acceptors (Lipinski definition) is 5. The Bertz CT molecular complexity index is 537. The van der Waals surface area contributed by atoms with Crippen LogP contribution in [0.5, 0.6) is 0 Å². The molecule has 1 fully saturated rings. The Kier molecular flexibility index (Phi) is 4.55. The number of nitrogens with one attached hydrogen (secondary N) is 2. The van der Waals surface area contributed by atoms with E-state index in [9.17, 15) is 9.59 Å². The van der Waals surface area contributed by atoms with E-state index in [-0.39, 0.29) is 29.7 Å². The van der Waals surface area contributed by atoms with Crippen LogP contribution in [0.3, 0.4) is 0 Å². The number of H-pyrrole nitrogens is 1. The molecule has 2 N–H and O–H groups in total. The zero-order valence-corrected chi connectivity index (χ0v) is 13.6. The first-order valence-corrected chi connectivity index (χ1v) is 7.96. The lowest BCUT2D eigenvalue weighted by atomic mass is 10.1. The molecule has 116 valence electrons. The van der Waals surface area contributed by atoms with Crippen molar-refractivity contribution in [1.82, 2.24) is 20.1 Å². The maximum absolute atomic E-state index is 12.2. The lowest BCUT2D eigenvalue weighted by molar-refractivity contribution is -0.131. The van der Waals surface area contributed by atoms with Crippen molar-refractivity contribution < 1.29 is 9.59 Å². The van der Waals surface area contributed by atoms with E-state index in [2.05, 4.69) is 20.5 Å². The normalized spacial score (nSPS) is 19.1. The number of nitrogens with zero attached hydrogens (tertiary/aromatic N) is 3. The molecule has 0 aliphatic carbocycles. The molecule has 1 aromatic heterocycles. The number of carbonyl (C=O) groups excluding carboxylic acids is 2. The number of likely N-dealkylation sites (tertiary alicyclic amines) is 1. The molecule has 2 rings (SSSR count). The summed E-state index contributed by atoms with van der Waals surface area (Å²) in [6, 6.07) is 0. The largest absolute Gasteiger partial charge is 0.337 e. The third-order valence-electron chi connectivity index (χ3n) is 3.29. The maximum Gasteiger partial charge on any atom is 0.232 e. The van der Waals surface area contributed by atoms with Crippen molar-refractivity contribution in [1.29, 1.82) is 0 Å². The van der Waals surface area contributed by atoms with Gasteiger partial charge in [-0.15, -0.1) is 5.10 Å². The lowest BCUT2D eigenvalue weighted by Gasteiger charge is -2.31. The minimum absolute atomic E-state index is 0.0162. The molecule has 1 aromatic rings. The van der Waals surface area contributed by atoms with Gasteiger partial charge in [0.2, 0.25) is 22.9 Å². The molecular formula is C13H21N5O2S. The molecule has 0 radical (unpaired) electrons. The Morgan fingerprint density at radius 1 is 1.52 bits per heavy atom. The van der Waals surface area contributed by atoms with Crippen LogP contribution in [0.1, 0.15) is 34.1 Å². The van der Waals surface area contributed by atoms with Crippen LogP contribution in [0.2, 0.25) is 0 Å². The van der Waals surface area contributed by atoms with Gasteiger partial charge < -0.3 is 4.90 Å². The third kappa shape index (κ3) is 3.75. The molecule has 0 spiro atoms. The summed E-state index contributed by atoms with van der Waals surface area (Å²) >= 11 is 1.49. The first-order chi connectivity index (χ1) is 9.81. The van der Waals surface area contributed by atoms with Gasteiger partial charge in [-0.25, -0.2) is 5.10 Å². The molecule has 21 heavy (non-hydrogen) atoms. The Hall–Kier alpha value is -1.57. The van der Waals surface area contributed by atoms with Crippen LogP contribution in [0.25, 0.3) is 0 Å². The minimum atomic E-state index is -0.343. The van der Waals surface area contributed by atoms with E-state index < -0.39 is 0 Å². The van der Waals surface area contributed by atoms with Gasteiger partial charge in [-0.05, 0) is 26.5 Å². The van der Waals surface area contributed by atoms with Gasteiger partial charge in [-0.2, -0.15) is 4.98 Å². The summed E-state index contributed by atoms with van der Waals surface area (Å²) in [4.78, 5) is 30.1. The number of amides is 2. The van der Waals surface area contributed by atoms with Gasteiger partial charge in [-0.3, -0.25) is 14.9 Å². The highest BCUT2D eigenvalue weighted by Gasteiger charge is 2.39. The topological polar surface area (TPSA) is 91.0 Å². The van der Waals surface area contributed by atoms with Gasteiger partial charge in [0.1, 0.15) is 0 Å². The van der Waals surface area contributed by atoms with Gasteiger partial charge in [-0.1, -0.05) is 18.7 Å². The van der Waals surface area contributed by atoms with Crippen LogP contribution >= 0.6 is 11.8 Å². The smallest absolute Gasteiger partial charge is 0.232 e. The molecular weight excluding hydrogens is 290 g/mol. The van der Waals surface area contributed by atoms with E-state index in [0.29, 0.717) is 17.6 Å². The summed E-state index contributed by atoms with van der Waals surface area (Å²) in [5.74, 6) is 0.673. The van der Waals surface area contributed by atoms with Gasteiger partial charge in [0.25, 0.3) is 0 Å². The predicted molar refractivity (Wildman–Crippen MR) is 81.0 cm³/mol. The van der Waals surface area contributed by atoms with E-state index in [4.69, 9.17) is 0 Å². The molecule has 1 saturated heterocycles. The minimum Gasteiger partial charge on any atom is -0.337 e. The van der Waals surface area contributed by atoms with Crippen molar-refractivity contribution in [3.05, 3.63) is 0 Å². The standard InChI is InChI=1S/C13H21N5O2S/c1-5-21-12-15-11(16-17-12)14-10(20)8-6-9(19)18(7-8)13(2,3)4/h8H,5-7H2,1-4H3,(H2,14,15,16,17,20). The molecule has 8 heteroatoms. The van der Waals surface area contributed by atoms with Crippen LogP contribution in [0, 0.1) is 5.92 Å². The van der Waals surface area contributed by atoms with Gasteiger partial charge >= 0.3 is 0 Å². The first kappa shape index (κ1) is 15.8. The Labute approximate surface area is 128 Å². The van der Waals surface area contributed by atoms with E-state index in [1.165, 1.54) is 11.8 Å². The number of anilines is 1. The van der Waals surface area contributed by atoms with Gasteiger partial charge in [0.05, 0.1) is 5.92 Å². The number of hydrogen-bond donors (Lipinski definition) is 2. The third-order valence-corrected chi connectivity index (χ3v) is 4.01. The summed E-state index contributed by atoms with van der Waals surface area (Å²) < 4.78 is 0. The second-order valence-corrected chi connectivity index (χ2v) is 7.20. The van der Waals surface area contributed by atoms with E-state index in [0.717, 1.165) is 5.75 Å². The molecule has 2 heterocycles. The zero-order valence-electron chi connectivity index (χ0n) is 12.8. The monoisotopic (exact) mass is 311 g/mol. The molecule has 2 amide bonds. The summed E-state index contributed by atoms with van der Waals surface area (Å²) in [7, 11) is 0. The molecule has 0 saturated carbocycles. The molecule has 0 bridgehead atoms. The maximum atomic E-state index is 12.2. The highest BCUT2D eigenvalue weighted by atomic mass is 32.2. The zero-order chi connectivity index (χ0) is 15.6. The quantitative estimate of drug-likeness (QED) is 0.822. The van der Waals surface area contributed by atoms with Crippen molar-refractivity contribution in [2.45, 2.75) is 44.8 Å².